The predicted molar refractivity (Wildman–Crippen MR) is 72.4 cm³/mol. The molecule has 18 heavy (non-hydrogen) atoms. The van der Waals surface area contributed by atoms with Crippen LogP contribution >= 0.6 is 0 Å². The maximum Gasteiger partial charge on any atom is 0.302 e. The Labute approximate surface area is 108 Å². The molecule has 0 aromatic heterocycles. The number of carbonyl (C=O) groups is 1. The van der Waals surface area contributed by atoms with E-state index in [-0.39, 0.29) is 11.4 Å². The van der Waals surface area contributed by atoms with Crippen LogP contribution in [-0.2, 0) is 14.9 Å². The van der Waals surface area contributed by atoms with Crippen molar-refractivity contribution < 1.29 is 9.53 Å². The molecular weight excluding hydrogens is 226 g/mol. The average Bonchev–Trinajstić information content (AvgIpc) is 2.57. The van der Waals surface area contributed by atoms with Crippen molar-refractivity contribution in [3.8, 4) is 0 Å². The number of aliphatic imine (C=N–C) groups is 1. The summed E-state index contributed by atoms with van der Waals surface area (Å²) in [5.74, 6) is -0.217. The highest BCUT2D eigenvalue weighted by molar-refractivity contribution is 6.01. The predicted octanol–water partition coefficient (Wildman–Crippen LogP) is 3.39. The van der Waals surface area contributed by atoms with Crippen molar-refractivity contribution >= 4 is 17.4 Å². The van der Waals surface area contributed by atoms with Gasteiger partial charge < -0.3 is 4.74 Å². The first-order chi connectivity index (χ1) is 8.51. The Hall–Kier alpha value is -1.64. The molecule has 1 aliphatic heterocycles. The van der Waals surface area contributed by atoms with Gasteiger partial charge in [-0.2, -0.15) is 0 Å². The molecule has 0 aliphatic carbocycles. The van der Waals surface area contributed by atoms with Crippen LogP contribution in [0.15, 0.2) is 29.3 Å². The minimum atomic E-state index is -0.217. The van der Waals surface area contributed by atoms with Gasteiger partial charge in [0, 0.05) is 18.1 Å². The second-order valence-electron chi connectivity index (χ2n) is 5.14. The molecule has 1 aliphatic rings. The van der Waals surface area contributed by atoms with E-state index >= 15 is 0 Å². The Morgan fingerprint density at radius 3 is 2.72 bits per heavy atom. The molecule has 1 aromatic rings. The second kappa shape index (κ2) is 4.92. The highest BCUT2D eigenvalue weighted by Crippen LogP contribution is 2.40. The fourth-order valence-electron chi connectivity index (χ4n) is 2.36. The van der Waals surface area contributed by atoms with Gasteiger partial charge in [-0.05, 0) is 24.5 Å². The van der Waals surface area contributed by atoms with Crippen LogP contribution in [-0.4, -0.2) is 18.3 Å². The molecule has 3 heteroatoms. The van der Waals surface area contributed by atoms with E-state index < -0.39 is 0 Å². The van der Waals surface area contributed by atoms with Crippen molar-refractivity contribution in [2.75, 3.05) is 6.61 Å². The summed E-state index contributed by atoms with van der Waals surface area (Å²) < 4.78 is 4.95. The van der Waals surface area contributed by atoms with Gasteiger partial charge in [-0.3, -0.25) is 9.79 Å². The number of nitrogens with zero attached hydrogens (tertiary/aromatic N) is 1. The van der Waals surface area contributed by atoms with E-state index in [1.807, 2.05) is 6.07 Å². The molecule has 0 atom stereocenters. The van der Waals surface area contributed by atoms with Gasteiger partial charge in [0.1, 0.15) is 0 Å². The topological polar surface area (TPSA) is 38.7 Å². The van der Waals surface area contributed by atoms with E-state index in [0.29, 0.717) is 6.61 Å². The van der Waals surface area contributed by atoms with Crippen molar-refractivity contribution in [3.63, 3.8) is 0 Å². The first-order valence-corrected chi connectivity index (χ1v) is 6.33. The van der Waals surface area contributed by atoms with E-state index in [2.05, 4.69) is 32.0 Å². The summed E-state index contributed by atoms with van der Waals surface area (Å²) in [6, 6.07) is 8.26. The highest BCUT2D eigenvalue weighted by Gasteiger charge is 2.33. The van der Waals surface area contributed by atoms with Crippen molar-refractivity contribution in [2.24, 2.45) is 4.99 Å². The van der Waals surface area contributed by atoms with Crippen molar-refractivity contribution in [3.05, 3.63) is 29.8 Å². The van der Waals surface area contributed by atoms with Gasteiger partial charge in [-0.25, -0.2) is 0 Å². The van der Waals surface area contributed by atoms with Gasteiger partial charge in [0.15, 0.2) is 0 Å². The molecular formula is C15H19NO2. The van der Waals surface area contributed by atoms with E-state index in [0.717, 1.165) is 18.5 Å². The number of fused-ring (bicyclic) bond motifs is 1. The Bertz CT molecular complexity index is 489. The summed E-state index contributed by atoms with van der Waals surface area (Å²) in [7, 11) is 0. The standard InChI is InChI=1S/C15H19NO2/c1-11(17)18-10-6-9-14-15(2,3)12-7-4-5-8-13(12)16-14/h4-5,7-8H,6,9-10H2,1-3H3. The van der Waals surface area contributed by atoms with E-state index in [1.165, 1.54) is 18.2 Å². The summed E-state index contributed by atoms with van der Waals surface area (Å²) in [5, 5.41) is 0. The minimum Gasteiger partial charge on any atom is -0.466 e. The molecule has 0 spiro atoms. The lowest BCUT2D eigenvalue weighted by atomic mass is 9.80. The van der Waals surface area contributed by atoms with Crippen LogP contribution in [0.2, 0.25) is 0 Å². The Balaban J connectivity index is 2.01. The van der Waals surface area contributed by atoms with E-state index in [4.69, 9.17) is 9.73 Å². The summed E-state index contributed by atoms with van der Waals surface area (Å²) in [5.41, 5.74) is 3.53. The summed E-state index contributed by atoms with van der Waals surface area (Å²) >= 11 is 0. The zero-order chi connectivity index (χ0) is 13.2. The molecule has 2 rings (SSSR count). The molecule has 1 aromatic carbocycles. The monoisotopic (exact) mass is 245 g/mol. The fraction of sp³-hybridized carbons (Fsp3) is 0.467. The van der Waals surface area contributed by atoms with Crippen LogP contribution in [0.5, 0.6) is 0 Å². The first kappa shape index (κ1) is 12.8. The van der Waals surface area contributed by atoms with Gasteiger partial charge in [0.05, 0.1) is 12.3 Å². The molecule has 96 valence electrons. The third-order valence-electron chi connectivity index (χ3n) is 3.42. The zero-order valence-electron chi connectivity index (χ0n) is 11.2. The van der Waals surface area contributed by atoms with Crippen molar-refractivity contribution in [1.82, 2.24) is 0 Å². The zero-order valence-corrected chi connectivity index (χ0v) is 11.2. The van der Waals surface area contributed by atoms with Gasteiger partial charge in [0.2, 0.25) is 0 Å². The Morgan fingerprint density at radius 2 is 2.06 bits per heavy atom. The van der Waals surface area contributed by atoms with E-state index in [1.54, 1.807) is 0 Å². The van der Waals surface area contributed by atoms with Crippen LogP contribution in [0.4, 0.5) is 5.69 Å². The Morgan fingerprint density at radius 1 is 1.33 bits per heavy atom. The number of rotatable bonds is 4. The van der Waals surface area contributed by atoms with Crippen LogP contribution in [0.25, 0.3) is 0 Å². The molecule has 0 saturated heterocycles. The lowest BCUT2D eigenvalue weighted by Crippen LogP contribution is -2.25. The Kier molecular flexibility index (Phi) is 3.50. The molecule has 3 nitrogen and oxygen atoms in total. The molecule has 0 amide bonds. The summed E-state index contributed by atoms with van der Waals surface area (Å²) in [4.78, 5) is 15.4. The third-order valence-corrected chi connectivity index (χ3v) is 3.42. The van der Waals surface area contributed by atoms with Crippen LogP contribution in [0.3, 0.4) is 0 Å². The quantitative estimate of drug-likeness (QED) is 0.602. The summed E-state index contributed by atoms with van der Waals surface area (Å²) in [6.45, 7) is 6.31. The molecule has 0 bridgehead atoms. The van der Waals surface area contributed by atoms with Gasteiger partial charge >= 0.3 is 5.97 Å². The first-order valence-electron chi connectivity index (χ1n) is 6.33. The molecule has 0 saturated carbocycles. The van der Waals surface area contributed by atoms with Crippen LogP contribution in [0, 0.1) is 0 Å². The maximum atomic E-state index is 10.7. The van der Waals surface area contributed by atoms with Crippen LogP contribution in [0.1, 0.15) is 39.2 Å². The number of carbonyl (C=O) groups excluding carboxylic acids is 1. The van der Waals surface area contributed by atoms with Crippen molar-refractivity contribution in [2.45, 2.75) is 39.0 Å². The lowest BCUT2D eigenvalue weighted by Gasteiger charge is -2.22. The number of ether oxygens (including phenoxy) is 1. The molecule has 1 heterocycles. The number of benzene rings is 1. The van der Waals surface area contributed by atoms with Gasteiger partial charge in [-0.15, -0.1) is 0 Å². The smallest absolute Gasteiger partial charge is 0.302 e. The van der Waals surface area contributed by atoms with Gasteiger partial charge in [-0.1, -0.05) is 32.0 Å². The van der Waals surface area contributed by atoms with E-state index in [9.17, 15) is 4.79 Å². The number of para-hydroxylation sites is 1. The van der Waals surface area contributed by atoms with Crippen LogP contribution < -0.4 is 0 Å². The van der Waals surface area contributed by atoms with Crippen molar-refractivity contribution in [1.29, 1.82) is 0 Å². The van der Waals surface area contributed by atoms with Gasteiger partial charge in [0.25, 0.3) is 0 Å². The third kappa shape index (κ3) is 2.45. The summed E-state index contributed by atoms with van der Waals surface area (Å²) in [6.07, 6.45) is 1.70. The number of hydrogen-bond donors (Lipinski definition) is 0. The maximum absolute atomic E-state index is 10.7. The fourth-order valence-corrected chi connectivity index (χ4v) is 2.36. The second-order valence-corrected chi connectivity index (χ2v) is 5.14. The molecule has 0 fully saturated rings. The molecule has 0 unspecified atom stereocenters. The number of hydrogen-bond acceptors (Lipinski definition) is 3. The normalized spacial score (nSPS) is 16.1. The largest absolute Gasteiger partial charge is 0.466 e. The minimum absolute atomic E-state index is 0.00713. The molecule has 0 N–H and O–H groups in total. The SMILES string of the molecule is CC(=O)OCCCC1=Nc2ccccc2C1(C)C. The lowest BCUT2D eigenvalue weighted by molar-refractivity contribution is -0.141. The molecule has 0 radical (unpaired) electrons. The average molecular weight is 245 g/mol. The highest BCUT2D eigenvalue weighted by atomic mass is 16.5. The number of esters is 1.